The monoisotopic (exact) mass is 527 g/mol. The van der Waals surface area contributed by atoms with Crippen LogP contribution in [0.4, 0.5) is 15.9 Å². The number of benzene rings is 3. The molecule has 0 saturated carbocycles. The van der Waals surface area contributed by atoms with Crippen molar-refractivity contribution in [1.82, 2.24) is 14.7 Å². The van der Waals surface area contributed by atoms with Crippen molar-refractivity contribution in [2.45, 2.75) is 19.9 Å². The van der Waals surface area contributed by atoms with E-state index in [1.165, 1.54) is 58.1 Å². The fraction of sp³-hybridized carbons (Fsp3) is 0.138. The SMILES string of the molecule is CC(C)N(CC(=O)Nc1cc(-c2ccccc2)nn1-c1ccc(F)cc1)C(=O)/C=C/c1ccc([N+](=O)[O-])cc1. The zero-order valence-electron chi connectivity index (χ0n) is 21.3. The molecule has 1 N–H and O–H groups in total. The molecule has 1 heterocycles. The minimum atomic E-state index is -0.497. The predicted molar refractivity (Wildman–Crippen MR) is 147 cm³/mol. The molecule has 3 aromatic carbocycles. The standard InChI is InChI=1S/C29H26FN5O4/c1-20(2)33(29(37)17-10-21-8-13-25(14-9-21)35(38)39)19-28(36)31-27-18-26(22-6-4-3-5-7-22)32-34(27)24-15-11-23(30)12-16-24/h3-18,20H,19H2,1-2H3,(H,31,36)/b17-10+. The third-order valence-electron chi connectivity index (χ3n) is 5.86. The largest absolute Gasteiger partial charge is 0.327 e. The van der Waals surface area contributed by atoms with Crippen molar-refractivity contribution in [2.75, 3.05) is 11.9 Å². The number of nitro groups is 1. The lowest BCUT2D eigenvalue weighted by Gasteiger charge is -2.25. The van der Waals surface area contributed by atoms with Crippen LogP contribution in [0, 0.1) is 15.9 Å². The number of anilines is 1. The first-order chi connectivity index (χ1) is 18.7. The molecule has 1 aromatic heterocycles. The van der Waals surface area contributed by atoms with Gasteiger partial charge in [0.2, 0.25) is 11.8 Å². The van der Waals surface area contributed by atoms with Crippen LogP contribution in [0.25, 0.3) is 23.0 Å². The molecular weight excluding hydrogens is 501 g/mol. The lowest BCUT2D eigenvalue weighted by atomic mass is 10.1. The number of amides is 2. The van der Waals surface area contributed by atoms with E-state index in [9.17, 15) is 24.1 Å². The third kappa shape index (κ3) is 6.80. The lowest BCUT2D eigenvalue weighted by molar-refractivity contribution is -0.384. The Morgan fingerprint density at radius 3 is 2.33 bits per heavy atom. The van der Waals surface area contributed by atoms with E-state index in [-0.39, 0.29) is 18.3 Å². The maximum absolute atomic E-state index is 13.5. The van der Waals surface area contributed by atoms with Gasteiger partial charge in [-0.15, -0.1) is 0 Å². The van der Waals surface area contributed by atoms with Crippen LogP contribution in [-0.2, 0) is 9.59 Å². The second kappa shape index (κ2) is 12.0. The fourth-order valence-electron chi connectivity index (χ4n) is 3.82. The van der Waals surface area contributed by atoms with Gasteiger partial charge in [-0.05, 0) is 61.9 Å². The summed E-state index contributed by atoms with van der Waals surface area (Å²) in [6.07, 6.45) is 2.86. The van der Waals surface area contributed by atoms with Crippen LogP contribution in [0.1, 0.15) is 19.4 Å². The summed E-state index contributed by atoms with van der Waals surface area (Å²) in [7, 11) is 0. The quantitative estimate of drug-likeness (QED) is 0.176. The van der Waals surface area contributed by atoms with E-state index < -0.39 is 22.6 Å². The van der Waals surface area contributed by atoms with Crippen LogP contribution in [0.2, 0.25) is 0 Å². The summed E-state index contributed by atoms with van der Waals surface area (Å²) in [6, 6.07) is 22.3. The number of halogens is 1. The van der Waals surface area contributed by atoms with Gasteiger partial charge in [-0.1, -0.05) is 30.3 Å². The second-order valence-electron chi connectivity index (χ2n) is 8.96. The molecule has 0 saturated heterocycles. The first-order valence-corrected chi connectivity index (χ1v) is 12.2. The molecule has 198 valence electrons. The number of rotatable bonds is 9. The van der Waals surface area contributed by atoms with Crippen molar-refractivity contribution in [2.24, 2.45) is 0 Å². The summed E-state index contributed by atoms with van der Waals surface area (Å²) in [5.74, 6) is -0.866. The Morgan fingerprint density at radius 1 is 1.05 bits per heavy atom. The molecule has 9 nitrogen and oxygen atoms in total. The van der Waals surface area contributed by atoms with E-state index >= 15 is 0 Å². The average molecular weight is 528 g/mol. The number of aromatic nitrogens is 2. The summed E-state index contributed by atoms with van der Waals surface area (Å²) in [4.78, 5) is 37.8. The van der Waals surface area contributed by atoms with E-state index in [4.69, 9.17) is 0 Å². The van der Waals surface area contributed by atoms with E-state index in [0.29, 0.717) is 22.8 Å². The topological polar surface area (TPSA) is 110 Å². The summed E-state index contributed by atoms with van der Waals surface area (Å²) >= 11 is 0. The highest BCUT2D eigenvalue weighted by molar-refractivity contribution is 5.98. The summed E-state index contributed by atoms with van der Waals surface area (Å²) in [5.41, 5.74) is 2.56. The molecular formula is C29H26FN5O4. The number of hydrogen-bond acceptors (Lipinski definition) is 5. The van der Waals surface area contributed by atoms with E-state index in [1.807, 2.05) is 30.3 Å². The fourth-order valence-corrected chi connectivity index (χ4v) is 3.82. The number of nitrogens with zero attached hydrogens (tertiary/aromatic N) is 4. The molecule has 0 aliphatic rings. The van der Waals surface area contributed by atoms with Crippen LogP contribution >= 0.6 is 0 Å². The smallest absolute Gasteiger partial charge is 0.269 e. The number of nitrogens with one attached hydrogen (secondary N) is 1. The molecule has 0 fully saturated rings. The molecule has 0 bridgehead atoms. The molecule has 4 aromatic rings. The zero-order chi connectivity index (χ0) is 27.9. The van der Waals surface area contributed by atoms with Gasteiger partial charge in [-0.25, -0.2) is 9.07 Å². The molecule has 0 aliphatic heterocycles. The van der Waals surface area contributed by atoms with Crippen LogP contribution in [0.3, 0.4) is 0 Å². The summed E-state index contributed by atoms with van der Waals surface area (Å²) < 4.78 is 15.0. The number of carbonyl (C=O) groups is 2. The van der Waals surface area contributed by atoms with Gasteiger partial charge in [0.25, 0.3) is 5.69 Å². The summed E-state index contributed by atoms with van der Waals surface area (Å²) in [6.45, 7) is 3.36. The van der Waals surface area contributed by atoms with Crippen LogP contribution in [0.5, 0.6) is 0 Å². The normalized spacial score (nSPS) is 11.1. The maximum Gasteiger partial charge on any atom is 0.269 e. The highest BCUT2D eigenvalue weighted by Gasteiger charge is 2.20. The number of carbonyl (C=O) groups excluding carboxylic acids is 2. The Bertz CT molecular complexity index is 1500. The minimum Gasteiger partial charge on any atom is -0.327 e. The van der Waals surface area contributed by atoms with Gasteiger partial charge in [0.1, 0.15) is 18.2 Å². The molecule has 4 rings (SSSR count). The number of non-ortho nitro benzene ring substituents is 1. The van der Waals surface area contributed by atoms with Crippen LogP contribution < -0.4 is 5.32 Å². The summed E-state index contributed by atoms with van der Waals surface area (Å²) in [5, 5.41) is 18.3. The Kier molecular flexibility index (Phi) is 8.25. The van der Waals surface area contributed by atoms with Gasteiger partial charge in [-0.2, -0.15) is 5.10 Å². The highest BCUT2D eigenvalue weighted by Crippen LogP contribution is 2.25. The minimum absolute atomic E-state index is 0.0470. The average Bonchev–Trinajstić information content (AvgIpc) is 3.35. The molecule has 0 unspecified atom stereocenters. The first-order valence-electron chi connectivity index (χ1n) is 12.2. The molecule has 0 aliphatic carbocycles. The third-order valence-corrected chi connectivity index (χ3v) is 5.86. The van der Waals surface area contributed by atoms with Crippen molar-refractivity contribution in [3.63, 3.8) is 0 Å². The van der Waals surface area contributed by atoms with Gasteiger partial charge in [0.15, 0.2) is 0 Å². The first kappa shape index (κ1) is 26.9. The number of nitro benzene ring substituents is 1. The lowest BCUT2D eigenvalue weighted by Crippen LogP contribution is -2.41. The van der Waals surface area contributed by atoms with Crippen molar-refractivity contribution in [3.8, 4) is 16.9 Å². The highest BCUT2D eigenvalue weighted by atomic mass is 19.1. The number of hydrogen-bond donors (Lipinski definition) is 1. The van der Waals surface area contributed by atoms with E-state index in [1.54, 1.807) is 32.0 Å². The molecule has 0 atom stereocenters. The Morgan fingerprint density at radius 2 is 1.72 bits per heavy atom. The van der Waals surface area contributed by atoms with Crippen molar-refractivity contribution in [3.05, 3.63) is 113 Å². The maximum atomic E-state index is 13.5. The van der Waals surface area contributed by atoms with Crippen molar-refractivity contribution >= 4 is 29.4 Å². The zero-order valence-corrected chi connectivity index (χ0v) is 21.3. The van der Waals surface area contributed by atoms with Crippen LogP contribution in [-0.4, -0.2) is 44.0 Å². The van der Waals surface area contributed by atoms with Crippen molar-refractivity contribution < 1.29 is 18.9 Å². The van der Waals surface area contributed by atoms with Crippen LogP contribution in [0.15, 0.2) is 91.0 Å². The molecule has 10 heteroatoms. The molecule has 0 spiro atoms. The molecule has 2 amide bonds. The van der Waals surface area contributed by atoms with Crippen molar-refractivity contribution in [1.29, 1.82) is 0 Å². The van der Waals surface area contributed by atoms with Gasteiger partial charge in [-0.3, -0.25) is 19.7 Å². The Hall–Kier alpha value is -5.12. The molecule has 39 heavy (non-hydrogen) atoms. The van der Waals surface area contributed by atoms with Gasteiger partial charge >= 0.3 is 0 Å². The van der Waals surface area contributed by atoms with Gasteiger partial charge < -0.3 is 10.2 Å². The van der Waals surface area contributed by atoms with Gasteiger partial charge in [0, 0.05) is 35.9 Å². The van der Waals surface area contributed by atoms with E-state index in [0.717, 1.165) is 5.56 Å². The van der Waals surface area contributed by atoms with E-state index in [2.05, 4.69) is 10.4 Å². The second-order valence-corrected chi connectivity index (χ2v) is 8.96. The Labute approximate surface area is 224 Å². The molecule has 0 radical (unpaired) electrons. The Balaban J connectivity index is 1.52. The van der Waals surface area contributed by atoms with Gasteiger partial charge in [0.05, 0.1) is 16.3 Å². The predicted octanol–water partition coefficient (Wildman–Crippen LogP) is 5.48.